The first-order chi connectivity index (χ1) is 15.7. The molecular formula is C22H31ClN4O6. The van der Waals surface area contributed by atoms with Crippen LogP contribution in [0.15, 0.2) is 34.9 Å². The maximum atomic E-state index is 12.3. The first kappa shape index (κ1) is 26.4. The van der Waals surface area contributed by atoms with Crippen LogP contribution in [0.1, 0.15) is 63.4 Å². The lowest BCUT2D eigenvalue weighted by atomic mass is 10.0. The van der Waals surface area contributed by atoms with Crippen molar-refractivity contribution in [3.05, 3.63) is 47.6 Å². The Bertz CT molecular complexity index is 871. The van der Waals surface area contributed by atoms with Crippen LogP contribution < -0.4 is 10.6 Å². The largest absolute Gasteiger partial charge is 0.445 e. The number of aliphatic hydroxyl groups excluding tert-OH is 1. The number of carbonyl (C=O) groups excluding carboxylic acids is 2. The highest BCUT2D eigenvalue weighted by molar-refractivity contribution is 6.16. The molecule has 10 nitrogen and oxygen atoms in total. The lowest BCUT2D eigenvalue weighted by Crippen LogP contribution is -2.40. The third-order valence-electron chi connectivity index (χ3n) is 4.37. The first-order valence-corrected chi connectivity index (χ1v) is 11.2. The molecule has 2 atom stereocenters. The topological polar surface area (TPSA) is 136 Å². The van der Waals surface area contributed by atoms with Crippen LogP contribution in [0.5, 0.6) is 0 Å². The average Bonchev–Trinajstić information content (AvgIpc) is 3.25. The molecule has 0 aliphatic rings. The van der Waals surface area contributed by atoms with Gasteiger partial charge in [-0.25, -0.2) is 9.59 Å². The van der Waals surface area contributed by atoms with Gasteiger partial charge >= 0.3 is 12.2 Å². The number of unbranched alkanes of at least 4 members (excludes halogenated alkanes) is 1. The van der Waals surface area contributed by atoms with Crippen molar-refractivity contribution in [1.82, 2.24) is 20.8 Å². The maximum absolute atomic E-state index is 12.3. The molecule has 2 aromatic rings. The van der Waals surface area contributed by atoms with Crippen LogP contribution in [0.4, 0.5) is 9.59 Å². The Morgan fingerprint density at radius 2 is 1.91 bits per heavy atom. The molecule has 2 amide bonds. The first-order valence-electron chi connectivity index (χ1n) is 10.7. The summed E-state index contributed by atoms with van der Waals surface area (Å²) < 4.78 is 15.4. The van der Waals surface area contributed by atoms with E-state index in [1.807, 2.05) is 30.3 Å². The highest BCUT2D eigenvalue weighted by Gasteiger charge is 2.27. The minimum Gasteiger partial charge on any atom is -0.445 e. The normalized spacial score (nSPS) is 13.1. The van der Waals surface area contributed by atoms with Crippen molar-refractivity contribution in [1.29, 1.82) is 0 Å². The molecule has 0 saturated carbocycles. The van der Waals surface area contributed by atoms with Crippen molar-refractivity contribution in [2.75, 3.05) is 6.54 Å². The monoisotopic (exact) mass is 482 g/mol. The number of aromatic nitrogens is 2. The molecule has 2 rings (SSSR count). The molecule has 0 saturated heterocycles. The number of rotatable bonds is 11. The molecule has 0 aliphatic carbocycles. The number of amides is 2. The number of halogens is 1. The number of alkyl carbamates (subject to hydrolysis) is 2. The lowest BCUT2D eigenvalue weighted by Gasteiger charge is -2.22. The van der Waals surface area contributed by atoms with Crippen LogP contribution >= 0.6 is 11.6 Å². The van der Waals surface area contributed by atoms with Gasteiger partial charge in [0.1, 0.15) is 24.2 Å². The van der Waals surface area contributed by atoms with Gasteiger partial charge in [-0.05, 0) is 45.6 Å². The number of nitrogens with zero attached hydrogens (tertiary/aromatic N) is 2. The number of benzene rings is 1. The van der Waals surface area contributed by atoms with Crippen molar-refractivity contribution in [3.8, 4) is 0 Å². The van der Waals surface area contributed by atoms with E-state index < -0.39 is 29.9 Å². The zero-order valence-corrected chi connectivity index (χ0v) is 19.8. The number of hydrogen-bond acceptors (Lipinski definition) is 8. The number of ether oxygens (including phenoxy) is 2. The van der Waals surface area contributed by atoms with E-state index >= 15 is 0 Å². The quantitative estimate of drug-likeness (QED) is 0.324. The molecule has 11 heteroatoms. The minimum atomic E-state index is -1.23. The van der Waals surface area contributed by atoms with Crippen molar-refractivity contribution in [2.45, 2.75) is 70.3 Å². The average molecular weight is 483 g/mol. The standard InChI is InChI=1S/C22H31ClN4O6/c1-22(2,3)32-20(29)24-12-8-7-11-16(18(28)19-26-17(13-23)33-27-19)25-21(30)31-14-15-9-5-4-6-10-15/h4-6,9-10,16,18,28H,7-8,11-14H2,1-3H3,(H,24,29)(H,25,30). The number of aliphatic hydroxyl groups is 1. The van der Waals surface area contributed by atoms with Gasteiger partial charge in [0.05, 0.1) is 6.04 Å². The van der Waals surface area contributed by atoms with Crippen molar-refractivity contribution >= 4 is 23.8 Å². The predicted molar refractivity (Wildman–Crippen MR) is 120 cm³/mol. The van der Waals surface area contributed by atoms with Crippen molar-refractivity contribution in [2.24, 2.45) is 0 Å². The van der Waals surface area contributed by atoms with E-state index in [2.05, 4.69) is 20.8 Å². The Hall–Kier alpha value is -2.85. The van der Waals surface area contributed by atoms with Gasteiger partial charge in [0, 0.05) is 6.54 Å². The Morgan fingerprint density at radius 1 is 1.18 bits per heavy atom. The molecule has 1 aromatic heterocycles. The van der Waals surface area contributed by atoms with E-state index in [4.69, 9.17) is 25.6 Å². The molecular weight excluding hydrogens is 452 g/mol. The summed E-state index contributed by atoms with van der Waals surface area (Å²) in [5.41, 5.74) is 0.262. The number of carbonyl (C=O) groups is 2. The molecule has 1 heterocycles. The zero-order chi connectivity index (χ0) is 24.3. The Labute approximate surface area is 198 Å². The summed E-state index contributed by atoms with van der Waals surface area (Å²) in [5.74, 6) is 0.191. The highest BCUT2D eigenvalue weighted by atomic mass is 35.5. The maximum Gasteiger partial charge on any atom is 0.407 e. The van der Waals surface area contributed by atoms with Gasteiger partial charge in [0.15, 0.2) is 0 Å². The van der Waals surface area contributed by atoms with Gasteiger partial charge in [-0.15, -0.1) is 11.6 Å². The number of hydrogen-bond donors (Lipinski definition) is 3. The van der Waals surface area contributed by atoms with E-state index in [9.17, 15) is 14.7 Å². The van der Waals surface area contributed by atoms with Gasteiger partial charge in [0.2, 0.25) is 11.7 Å². The molecule has 2 unspecified atom stereocenters. The molecule has 182 valence electrons. The summed E-state index contributed by atoms with van der Waals surface area (Å²) in [6, 6.07) is 8.50. The fraction of sp³-hybridized carbons (Fsp3) is 0.545. The smallest absolute Gasteiger partial charge is 0.407 e. The third-order valence-corrected chi connectivity index (χ3v) is 4.60. The van der Waals surface area contributed by atoms with E-state index in [0.717, 1.165) is 5.56 Å². The molecule has 0 radical (unpaired) electrons. The van der Waals surface area contributed by atoms with Gasteiger partial charge in [-0.1, -0.05) is 35.5 Å². The van der Waals surface area contributed by atoms with E-state index in [1.54, 1.807) is 20.8 Å². The Kier molecular flexibility index (Phi) is 10.4. The summed E-state index contributed by atoms with van der Waals surface area (Å²) in [5, 5.41) is 19.8. The predicted octanol–water partition coefficient (Wildman–Crippen LogP) is 3.83. The number of nitrogens with one attached hydrogen (secondary N) is 2. The van der Waals surface area contributed by atoms with Crippen molar-refractivity contribution < 1.29 is 28.7 Å². The second kappa shape index (κ2) is 13.0. The van der Waals surface area contributed by atoms with Crippen LogP contribution in [0, 0.1) is 0 Å². The van der Waals surface area contributed by atoms with Gasteiger partial charge in [-0.3, -0.25) is 0 Å². The van der Waals surface area contributed by atoms with Gasteiger partial charge in [-0.2, -0.15) is 4.98 Å². The molecule has 0 bridgehead atoms. The zero-order valence-electron chi connectivity index (χ0n) is 19.0. The van der Waals surface area contributed by atoms with Crippen LogP contribution in [0.3, 0.4) is 0 Å². The highest BCUT2D eigenvalue weighted by Crippen LogP contribution is 2.19. The summed E-state index contributed by atoms with van der Waals surface area (Å²) in [4.78, 5) is 28.1. The molecule has 3 N–H and O–H groups in total. The lowest BCUT2D eigenvalue weighted by molar-refractivity contribution is 0.0526. The molecule has 33 heavy (non-hydrogen) atoms. The van der Waals surface area contributed by atoms with Crippen LogP contribution in [-0.4, -0.2) is 45.6 Å². The van der Waals surface area contributed by atoms with Gasteiger partial charge in [0.25, 0.3) is 0 Å². The summed E-state index contributed by atoms with van der Waals surface area (Å²) in [7, 11) is 0. The Morgan fingerprint density at radius 3 is 2.55 bits per heavy atom. The van der Waals surface area contributed by atoms with Crippen LogP contribution in [0.25, 0.3) is 0 Å². The fourth-order valence-electron chi connectivity index (χ4n) is 2.84. The fourth-order valence-corrected chi connectivity index (χ4v) is 2.95. The van der Waals surface area contributed by atoms with E-state index in [1.165, 1.54) is 0 Å². The molecule has 0 spiro atoms. The van der Waals surface area contributed by atoms with Gasteiger partial charge < -0.3 is 29.7 Å². The van der Waals surface area contributed by atoms with Crippen LogP contribution in [0.2, 0.25) is 0 Å². The summed E-state index contributed by atoms with van der Waals surface area (Å²) in [6.45, 7) is 5.83. The number of alkyl halides is 1. The molecule has 0 fully saturated rings. The van der Waals surface area contributed by atoms with Crippen LogP contribution in [-0.2, 0) is 22.0 Å². The SMILES string of the molecule is CC(C)(C)OC(=O)NCCCCC(NC(=O)OCc1ccccc1)C(O)c1noc(CCl)n1. The third kappa shape index (κ3) is 10.1. The summed E-state index contributed by atoms with van der Waals surface area (Å²) >= 11 is 5.68. The van der Waals surface area contributed by atoms with E-state index in [0.29, 0.717) is 25.8 Å². The molecule has 0 aliphatic heterocycles. The second-order valence-corrected chi connectivity index (χ2v) is 8.63. The summed E-state index contributed by atoms with van der Waals surface area (Å²) in [6.07, 6.45) is -0.853. The molecule has 1 aromatic carbocycles. The van der Waals surface area contributed by atoms with E-state index in [-0.39, 0.29) is 24.2 Å². The Balaban J connectivity index is 1.88. The minimum absolute atomic E-state index is 0.00721. The van der Waals surface area contributed by atoms with Crippen molar-refractivity contribution in [3.63, 3.8) is 0 Å². The second-order valence-electron chi connectivity index (χ2n) is 8.36.